The highest BCUT2D eigenvalue weighted by Crippen LogP contribution is 2.25. The van der Waals surface area contributed by atoms with Gasteiger partial charge in [-0.1, -0.05) is 0 Å². The molecule has 2 fully saturated rings. The molecule has 3 rings (SSSR count). The summed E-state index contributed by atoms with van der Waals surface area (Å²) < 4.78 is 70.7. The molecule has 0 aliphatic carbocycles. The minimum Gasteiger partial charge on any atom is -0.381 e. The highest BCUT2D eigenvalue weighted by atomic mass is 32.2. The van der Waals surface area contributed by atoms with Crippen LogP contribution in [0.25, 0.3) is 0 Å². The van der Waals surface area contributed by atoms with Crippen molar-refractivity contribution in [2.45, 2.75) is 42.8 Å². The Morgan fingerprint density at radius 3 is 2.21 bits per heavy atom. The van der Waals surface area contributed by atoms with E-state index in [1.54, 1.807) is 0 Å². The lowest BCUT2D eigenvalue weighted by Gasteiger charge is -2.35. The molecule has 2 aliphatic heterocycles. The van der Waals surface area contributed by atoms with E-state index in [9.17, 15) is 26.4 Å². The molecule has 156 valence electrons. The monoisotopic (exact) mass is 420 g/mol. The number of nitrogens with zero attached hydrogens (tertiary/aromatic N) is 2. The summed E-state index contributed by atoms with van der Waals surface area (Å²) in [5.41, 5.74) is 0.0381. The first-order chi connectivity index (χ1) is 13.2. The molecule has 1 aromatic carbocycles. The molecule has 0 radical (unpaired) electrons. The topological polar surface area (TPSA) is 66.9 Å². The minimum atomic E-state index is -4.52. The third kappa shape index (κ3) is 4.84. The van der Waals surface area contributed by atoms with Crippen molar-refractivity contribution >= 4 is 15.9 Å². The number of rotatable bonds is 5. The van der Waals surface area contributed by atoms with Gasteiger partial charge >= 0.3 is 6.18 Å². The molecule has 28 heavy (non-hydrogen) atoms. The molecule has 0 saturated carbocycles. The first-order valence-electron chi connectivity index (χ1n) is 9.24. The van der Waals surface area contributed by atoms with Crippen LogP contribution in [-0.2, 0) is 14.8 Å². The molecule has 2 saturated heterocycles. The van der Waals surface area contributed by atoms with Crippen LogP contribution in [-0.4, -0.2) is 68.6 Å². The van der Waals surface area contributed by atoms with Gasteiger partial charge in [0.05, 0.1) is 4.90 Å². The van der Waals surface area contributed by atoms with Crippen LogP contribution in [0.5, 0.6) is 0 Å². The van der Waals surface area contributed by atoms with Gasteiger partial charge in [0.1, 0.15) is 6.54 Å². The molecule has 6 nitrogen and oxygen atoms in total. The SMILES string of the molecule is O=C(c1ccc(S(=O)(=O)N2CCCC2)cc1)N(CC(F)(F)F)C1CCOCC1. The molecule has 1 aromatic rings. The fourth-order valence-corrected chi connectivity index (χ4v) is 5.09. The largest absolute Gasteiger partial charge is 0.406 e. The standard InChI is InChI=1S/C18H23F3N2O4S/c19-18(20,21)13-23(15-7-11-27-12-8-15)17(24)14-3-5-16(6-4-14)28(25,26)22-9-1-2-10-22/h3-6,15H,1-2,7-13H2. The summed E-state index contributed by atoms with van der Waals surface area (Å²) in [7, 11) is -3.64. The summed E-state index contributed by atoms with van der Waals surface area (Å²) in [5.74, 6) is -0.755. The predicted octanol–water partition coefficient (Wildman–Crippen LogP) is 2.65. The van der Waals surface area contributed by atoms with Crippen LogP contribution in [0.1, 0.15) is 36.0 Å². The number of alkyl halides is 3. The first-order valence-corrected chi connectivity index (χ1v) is 10.7. The summed E-state index contributed by atoms with van der Waals surface area (Å²) in [6, 6.07) is 4.59. The second kappa shape index (κ2) is 8.38. The van der Waals surface area contributed by atoms with Gasteiger partial charge < -0.3 is 9.64 Å². The Balaban J connectivity index is 1.80. The van der Waals surface area contributed by atoms with Gasteiger partial charge in [-0.2, -0.15) is 17.5 Å². The van der Waals surface area contributed by atoms with Crippen molar-refractivity contribution in [2.24, 2.45) is 0 Å². The van der Waals surface area contributed by atoms with E-state index in [2.05, 4.69) is 0 Å². The smallest absolute Gasteiger partial charge is 0.381 e. The van der Waals surface area contributed by atoms with Crippen LogP contribution >= 0.6 is 0 Å². The Labute approximate surface area is 162 Å². The number of benzene rings is 1. The van der Waals surface area contributed by atoms with Crippen molar-refractivity contribution in [1.29, 1.82) is 0 Å². The zero-order chi connectivity index (χ0) is 20.4. The number of hydrogen-bond donors (Lipinski definition) is 0. The fourth-order valence-electron chi connectivity index (χ4n) is 3.57. The van der Waals surface area contributed by atoms with Crippen molar-refractivity contribution in [2.75, 3.05) is 32.8 Å². The van der Waals surface area contributed by atoms with E-state index in [1.165, 1.54) is 28.6 Å². The normalized spacial score (nSPS) is 19.7. The molecule has 0 aromatic heterocycles. The van der Waals surface area contributed by atoms with Crippen LogP contribution in [0.3, 0.4) is 0 Å². The van der Waals surface area contributed by atoms with E-state index >= 15 is 0 Å². The van der Waals surface area contributed by atoms with Gasteiger partial charge in [-0.15, -0.1) is 0 Å². The summed E-state index contributed by atoms with van der Waals surface area (Å²) in [6.07, 6.45) is -2.25. The van der Waals surface area contributed by atoms with Gasteiger partial charge in [0.2, 0.25) is 10.0 Å². The summed E-state index contributed by atoms with van der Waals surface area (Å²) >= 11 is 0. The number of carbonyl (C=O) groups is 1. The van der Waals surface area contributed by atoms with E-state index in [-0.39, 0.29) is 10.5 Å². The molecule has 0 spiro atoms. The molecule has 10 heteroatoms. The minimum absolute atomic E-state index is 0.0381. The van der Waals surface area contributed by atoms with Crippen LogP contribution in [0, 0.1) is 0 Å². The third-order valence-electron chi connectivity index (χ3n) is 5.05. The van der Waals surface area contributed by atoms with Crippen LogP contribution in [0.4, 0.5) is 13.2 Å². The van der Waals surface area contributed by atoms with Gasteiger partial charge in [-0.05, 0) is 49.9 Å². The van der Waals surface area contributed by atoms with Gasteiger partial charge in [0, 0.05) is 37.9 Å². The number of hydrogen-bond acceptors (Lipinski definition) is 4. The van der Waals surface area contributed by atoms with Crippen molar-refractivity contribution in [3.63, 3.8) is 0 Å². The Hall–Kier alpha value is -1.65. The van der Waals surface area contributed by atoms with E-state index in [0.717, 1.165) is 17.7 Å². The number of sulfonamides is 1. The summed E-state index contributed by atoms with van der Waals surface area (Å²) in [4.78, 5) is 13.6. The number of amides is 1. The molecule has 0 bridgehead atoms. The molecule has 1 amide bonds. The average molecular weight is 420 g/mol. The predicted molar refractivity (Wildman–Crippen MR) is 95.4 cm³/mol. The lowest BCUT2D eigenvalue weighted by molar-refractivity contribution is -0.147. The fraction of sp³-hybridized carbons (Fsp3) is 0.611. The van der Waals surface area contributed by atoms with E-state index in [1.807, 2.05) is 0 Å². The quantitative estimate of drug-likeness (QED) is 0.735. The van der Waals surface area contributed by atoms with Crippen LogP contribution < -0.4 is 0 Å². The Kier molecular flexibility index (Phi) is 6.31. The highest BCUT2D eigenvalue weighted by Gasteiger charge is 2.37. The highest BCUT2D eigenvalue weighted by molar-refractivity contribution is 7.89. The van der Waals surface area contributed by atoms with E-state index < -0.39 is 34.7 Å². The molecular formula is C18H23F3N2O4S. The van der Waals surface area contributed by atoms with Gasteiger partial charge in [0.25, 0.3) is 5.91 Å². The number of ether oxygens (including phenoxy) is 1. The molecule has 0 unspecified atom stereocenters. The van der Waals surface area contributed by atoms with E-state index in [0.29, 0.717) is 39.1 Å². The third-order valence-corrected chi connectivity index (χ3v) is 6.96. The lowest BCUT2D eigenvalue weighted by atomic mass is 10.1. The maximum Gasteiger partial charge on any atom is 0.406 e. The van der Waals surface area contributed by atoms with Crippen molar-refractivity contribution in [1.82, 2.24) is 9.21 Å². The van der Waals surface area contributed by atoms with Crippen LogP contribution in [0.15, 0.2) is 29.2 Å². The Morgan fingerprint density at radius 2 is 1.68 bits per heavy atom. The maximum absolute atomic E-state index is 13.0. The van der Waals surface area contributed by atoms with Crippen molar-refractivity contribution < 1.29 is 31.1 Å². The first kappa shape index (κ1) is 21.1. The van der Waals surface area contributed by atoms with E-state index in [4.69, 9.17) is 4.74 Å². The number of carbonyl (C=O) groups excluding carboxylic acids is 1. The maximum atomic E-state index is 13.0. The zero-order valence-corrected chi connectivity index (χ0v) is 16.1. The van der Waals surface area contributed by atoms with Gasteiger partial charge in [-0.25, -0.2) is 8.42 Å². The Bertz CT molecular complexity index is 784. The van der Waals surface area contributed by atoms with Crippen molar-refractivity contribution in [3.8, 4) is 0 Å². The molecule has 2 aliphatic rings. The second-order valence-corrected chi connectivity index (χ2v) is 8.97. The second-order valence-electron chi connectivity index (χ2n) is 7.03. The molecular weight excluding hydrogens is 397 g/mol. The van der Waals surface area contributed by atoms with Gasteiger partial charge in [0.15, 0.2) is 0 Å². The molecule has 2 heterocycles. The zero-order valence-electron chi connectivity index (χ0n) is 15.3. The summed E-state index contributed by atoms with van der Waals surface area (Å²) in [6.45, 7) is 0.168. The number of halogens is 3. The lowest BCUT2D eigenvalue weighted by Crippen LogP contribution is -2.47. The average Bonchev–Trinajstić information content (AvgIpc) is 3.21. The van der Waals surface area contributed by atoms with Gasteiger partial charge in [-0.3, -0.25) is 4.79 Å². The van der Waals surface area contributed by atoms with Crippen molar-refractivity contribution in [3.05, 3.63) is 29.8 Å². The Morgan fingerprint density at radius 1 is 1.11 bits per heavy atom. The molecule has 0 N–H and O–H groups in total. The summed E-state index contributed by atoms with van der Waals surface area (Å²) in [5, 5.41) is 0. The molecule has 0 atom stereocenters. The van der Waals surface area contributed by atoms with Crippen LogP contribution in [0.2, 0.25) is 0 Å².